The molecule has 3 N–H and O–H groups in total. The minimum absolute atomic E-state index is 0.0552. The number of aliphatic hydroxyl groups is 1. The van der Waals surface area contributed by atoms with Gasteiger partial charge in [-0.05, 0) is 32.6 Å². The van der Waals surface area contributed by atoms with Crippen molar-refractivity contribution in [3.05, 3.63) is 0 Å². The van der Waals surface area contributed by atoms with E-state index in [0.717, 1.165) is 12.8 Å². The van der Waals surface area contributed by atoms with E-state index in [2.05, 4.69) is 5.32 Å². The number of rotatable bonds is 6. The Bertz CT molecular complexity index is 289. The highest BCUT2D eigenvalue weighted by Crippen LogP contribution is 2.32. The summed E-state index contributed by atoms with van der Waals surface area (Å²) in [5, 5.41) is 20.4. The van der Waals surface area contributed by atoms with E-state index < -0.39 is 18.0 Å². The first kappa shape index (κ1) is 13.8. The molecule has 6 heteroatoms. The second-order valence-electron chi connectivity index (χ2n) is 4.61. The van der Waals surface area contributed by atoms with Crippen molar-refractivity contribution in [2.45, 2.75) is 38.8 Å². The monoisotopic (exact) mass is 244 g/mol. The summed E-state index contributed by atoms with van der Waals surface area (Å²) in [7, 11) is 0. The Labute approximate surface area is 101 Å². The second-order valence-corrected chi connectivity index (χ2v) is 4.61. The molecule has 17 heavy (non-hydrogen) atoms. The van der Waals surface area contributed by atoms with Crippen LogP contribution in [0.25, 0.3) is 0 Å². The molecule has 98 valence electrons. The zero-order chi connectivity index (χ0) is 13.0. The van der Waals surface area contributed by atoms with Gasteiger partial charge in [0.1, 0.15) is 6.04 Å². The maximum absolute atomic E-state index is 11.9. The number of hydrogen-bond acceptors (Lipinski definition) is 3. The van der Waals surface area contributed by atoms with Crippen molar-refractivity contribution >= 4 is 12.0 Å². The summed E-state index contributed by atoms with van der Waals surface area (Å²) in [5.74, 6) is -0.937. The molecule has 1 unspecified atom stereocenters. The fraction of sp³-hybridized carbons (Fsp3) is 0.818. The average molecular weight is 244 g/mol. The van der Waals surface area contributed by atoms with Crippen molar-refractivity contribution in [2.75, 3.05) is 13.2 Å². The molecule has 1 rings (SSSR count). The molecule has 1 atom stereocenters. The molecule has 6 nitrogen and oxygen atoms in total. The third-order valence-electron chi connectivity index (χ3n) is 2.86. The predicted molar refractivity (Wildman–Crippen MR) is 61.6 cm³/mol. The number of aliphatic hydroxyl groups excluding tert-OH is 1. The lowest BCUT2D eigenvalue weighted by molar-refractivity contribution is -0.139. The summed E-state index contributed by atoms with van der Waals surface area (Å²) >= 11 is 0. The Balaban J connectivity index is 2.57. The number of amides is 2. The van der Waals surface area contributed by atoms with Crippen molar-refractivity contribution in [2.24, 2.45) is 5.92 Å². The van der Waals surface area contributed by atoms with Crippen LogP contribution in [-0.2, 0) is 4.79 Å². The van der Waals surface area contributed by atoms with Crippen molar-refractivity contribution < 1.29 is 19.8 Å². The molecule has 1 fully saturated rings. The SMILES string of the molecule is CC(C)N(CCO)C(=O)NC(C(=O)O)C1CC1. The highest BCUT2D eigenvalue weighted by atomic mass is 16.4. The highest BCUT2D eigenvalue weighted by molar-refractivity contribution is 5.83. The number of urea groups is 1. The van der Waals surface area contributed by atoms with E-state index in [1.54, 1.807) is 0 Å². The Kier molecular flexibility index (Phi) is 4.74. The number of carbonyl (C=O) groups is 2. The second kappa shape index (κ2) is 5.86. The standard InChI is InChI=1S/C11H20N2O4/c1-7(2)13(5-6-14)11(17)12-9(10(15)16)8-3-4-8/h7-9,14H,3-6H2,1-2H3,(H,12,17)(H,15,16). The Morgan fingerprint density at radius 1 is 1.41 bits per heavy atom. The number of carboxylic acids is 1. The first-order chi connectivity index (χ1) is 7.97. The van der Waals surface area contributed by atoms with Crippen LogP contribution in [0.4, 0.5) is 4.79 Å². The zero-order valence-corrected chi connectivity index (χ0v) is 10.2. The molecular weight excluding hydrogens is 224 g/mol. The third kappa shape index (κ3) is 3.89. The van der Waals surface area contributed by atoms with E-state index in [-0.39, 0.29) is 25.1 Å². The molecule has 1 aliphatic rings. The Morgan fingerprint density at radius 3 is 2.35 bits per heavy atom. The number of carbonyl (C=O) groups excluding carboxylic acids is 1. The van der Waals surface area contributed by atoms with Gasteiger partial charge in [-0.15, -0.1) is 0 Å². The van der Waals surface area contributed by atoms with Crippen LogP contribution in [0.2, 0.25) is 0 Å². The van der Waals surface area contributed by atoms with Gasteiger partial charge in [-0.3, -0.25) is 0 Å². The van der Waals surface area contributed by atoms with Crippen LogP contribution in [0.15, 0.2) is 0 Å². The van der Waals surface area contributed by atoms with Crippen molar-refractivity contribution in [1.82, 2.24) is 10.2 Å². The van der Waals surface area contributed by atoms with Crippen LogP contribution in [0, 0.1) is 5.92 Å². The average Bonchev–Trinajstić information content (AvgIpc) is 3.04. The van der Waals surface area contributed by atoms with Gasteiger partial charge in [0.15, 0.2) is 0 Å². The van der Waals surface area contributed by atoms with Crippen molar-refractivity contribution in [3.8, 4) is 0 Å². The molecule has 1 aliphatic carbocycles. The van der Waals surface area contributed by atoms with Crippen LogP contribution in [0.1, 0.15) is 26.7 Å². The minimum atomic E-state index is -0.992. The molecule has 2 amide bonds. The number of nitrogens with zero attached hydrogens (tertiary/aromatic N) is 1. The summed E-state index contributed by atoms with van der Waals surface area (Å²) in [5.41, 5.74) is 0. The smallest absolute Gasteiger partial charge is 0.326 e. The third-order valence-corrected chi connectivity index (χ3v) is 2.86. The van der Waals surface area contributed by atoms with Gasteiger partial charge in [0.25, 0.3) is 0 Å². The Morgan fingerprint density at radius 2 is 2.00 bits per heavy atom. The van der Waals surface area contributed by atoms with E-state index in [9.17, 15) is 9.59 Å². The van der Waals surface area contributed by atoms with Gasteiger partial charge in [0, 0.05) is 12.6 Å². The fourth-order valence-corrected chi connectivity index (χ4v) is 1.73. The fourth-order valence-electron chi connectivity index (χ4n) is 1.73. The molecule has 0 heterocycles. The number of hydrogen-bond donors (Lipinski definition) is 3. The molecule has 0 aromatic rings. The molecule has 0 spiro atoms. The van der Waals surface area contributed by atoms with Crippen molar-refractivity contribution in [3.63, 3.8) is 0 Å². The van der Waals surface area contributed by atoms with Gasteiger partial charge in [0.05, 0.1) is 6.61 Å². The quantitative estimate of drug-likeness (QED) is 0.625. The van der Waals surface area contributed by atoms with Gasteiger partial charge >= 0.3 is 12.0 Å². The molecule has 1 saturated carbocycles. The van der Waals surface area contributed by atoms with Crippen LogP contribution in [0.3, 0.4) is 0 Å². The largest absolute Gasteiger partial charge is 0.480 e. The Hall–Kier alpha value is -1.30. The molecule has 0 aliphatic heterocycles. The van der Waals surface area contributed by atoms with Crippen LogP contribution < -0.4 is 5.32 Å². The number of nitrogens with one attached hydrogen (secondary N) is 1. The lowest BCUT2D eigenvalue weighted by atomic mass is 10.2. The predicted octanol–water partition coefficient (Wildman–Crippen LogP) is 0.262. The lowest BCUT2D eigenvalue weighted by Crippen LogP contribution is -2.51. The maximum Gasteiger partial charge on any atom is 0.326 e. The van der Waals surface area contributed by atoms with Crippen molar-refractivity contribution in [1.29, 1.82) is 0 Å². The molecular formula is C11H20N2O4. The minimum Gasteiger partial charge on any atom is -0.480 e. The van der Waals surface area contributed by atoms with Gasteiger partial charge in [-0.2, -0.15) is 0 Å². The summed E-state index contributed by atoms with van der Waals surface area (Å²) in [6.07, 6.45) is 1.69. The van der Waals surface area contributed by atoms with Crippen LogP contribution in [0.5, 0.6) is 0 Å². The highest BCUT2D eigenvalue weighted by Gasteiger charge is 2.38. The molecule has 0 radical (unpaired) electrons. The van der Waals surface area contributed by atoms with E-state index in [0.29, 0.717) is 0 Å². The van der Waals surface area contributed by atoms with Gasteiger partial charge in [0.2, 0.25) is 0 Å². The van der Waals surface area contributed by atoms with Gasteiger partial charge in [-0.25, -0.2) is 9.59 Å². The number of aliphatic carboxylic acids is 1. The lowest BCUT2D eigenvalue weighted by Gasteiger charge is -2.27. The molecule has 0 aromatic carbocycles. The van der Waals surface area contributed by atoms with Crippen LogP contribution >= 0.6 is 0 Å². The summed E-state index contributed by atoms with van der Waals surface area (Å²) < 4.78 is 0. The van der Waals surface area contributed by atoms with E-state index in [4.69, 9.17) is 10.2 Å². The molecule has 0 bridgehead atoms. The zero-order valence-electron chi connectivity index (χ0n) is 10.2. The first-order valence-electron chi connectivity index (χ1n) is 5.88. The first-order valence-corrected chi connectivity index (χ1v) is 5.88. The van der Waals surface area contributed by atoms with Gasteiger partial charge < -0.3 is 20.4 Å². The topological polar surface area (TPSA) is 89.9 Å². The molecule has 0 aromatic heterocycles. The number of carboxylic acid groups (broad SMARTS) is 1. The van der Waals surface area contributed by atoms with E-state index >= 15 is 0 Å². The van der Waals surface area contributed by atoms with E-state index in [1.165, 1.54) is 4.90 Å². The van der Waals surface area contributed by atoms with E-state index in [1.807, 2.05) is 13.8 Å². The summed E-state index contributed by atoms with van der Waals surface area (Å²) in [6, 6.07) is -1.30. The summed E-state index contributed by atoms with van der Waals surface area (Å²) in [4.78, 5) is 24.3. The molecule has 0 saturated heterocycles. The van der Waals surface area contributed by atoms with Crippen LogP contribution in [-0.4, -0.2) is 52.3 Å². The van der Waals surface area contributed by atoms with Gasteiger partial charge in [-0.1, -0.05) is 0 Å². The normalized spacial score (nSPS) is 16.7. The maximum atomic E-state index is 11.9. The summed E-state index contributed by atoms with van der Waals surface area (Å²) in [6.45, 7) is 3.72.